The zero-order chi connectivity index (χ0) is 13.1. The Hall–Kier alpha value is -1.14. The van der Waals surface area contributed by atoms with Gasteiger partial charge in [-0.1, -0.05) is 0 Å². The van der Waals surface area contributed by atoms with Crippen LogP contribution >= 0.6 is 15.9 Å². The van der Waals surface area contributed by atoms with E-state index in [4.69, 9.17) is 0 Å². The molecule has 1 saturated heterocycles. The number of rotatable bonds is 3. The van der Waals surface area contributed by atoms with Crippen LogP contribution in [0.4, 0.5) is 5.69 Å². The van der Waals surface area contributed by atoms with Crippen molar-refractivity contribution in [2.75, 3.05) is 11.9 Å². The Morgan fingerprint density at radius 1 is 1.67 bits per heavy atom. The second kappa shape index (κ2) is 5.67. The standard InChI is InChI=1S/C12H16BrN3O2/c1-16-7-9(5-10(13)12(16)18)15-11(17)6-8-3-2-4-14-8/h5,7-8,14H,2-4,6H2,1H3,(H,15,17). The molecule has 0 aromatic carbocycles. The average molecular weight is 314 g/mol. The fraction of sp³-hybridized carbons (Fsp3) is 0.500. The largest absolute Gasteiger partial charge is 0.325 e. The van der Waals surface area contributed by atoms with Crippen molar-refractivity contribution < 1.29 is 4.79 Å². The van der Waals surface area contributed by atoms with Gasteiger partial charge in [-0.3, -0.25) is 9.59 Å². The van der Waals surface area contributed by atoms with Gasteiger partial charge >= 0.3 is 0 Å². The van der Waals surface area contributed by atoms with Crippen LogP contribution in [-0.2, 0) is 11.8 Å². The quantitative estimate of drug-likeness (QED) is 0.882. The summed E-state index contributed by atoms with van der Waals surface area (Å²) in [6.45, 7) is 0.989. The first kappa shape index (κ1) is 13.3. The molecule has 0 bridgehead atoms. The van der Waals surface area contributed by atoms with Crippen LogP contribution in [0.2, 0.25) is 0 Å². The summed E-state index contributed by atoms with van der Waals surface area (Å²) in [5.41, 5.74) is 0.512. The number of halogens is 1. The van der Waals surface area contributed by atoms with Gasteiger partial charge in [0.15, 0.2) is 0 Å². The van der Waals surface area contributed by atoms with Gasteiger partial charge in [-0.15, -0.1) is 0 Å². The van der Waals surface area contributed by atoms with Gasteiger partial charge in [-0.05, 0) is 41.4 Å². The summed E-state index contributed by atoms with van der Waals surface area (Å²) in [5.74, 6) is -0.0278. The molecule has 18 heavy (non-hydrogen) atoms. The van der Waals surface area contributed by atoms with Crippen molar-refractivity contribution in [2.45, 2.75) is 25.3 Å². The lowest BCUT2D eigenvalue weighted by Crippen LogP contribution is -2.28. The molecule has 6 heteroatoms. The predicted octanol–water partition coefficient (Wildman–Crippen LogP) is 1.23. The van der Waals surface area contributed by atoms with E-state index in [1.165, 1.54) is 4.57 Å². The average Bonchev–Trinajstić information content (AvgIpc) is 2.78. The summed E-state index contributed by atoms with van der Waals surface area (Å²) >= 11 is 3.18. The van der Waals surface area contributed by atoms with Gasteiger partial charge in [0.05, 0.1) is 10.2 Å². The molecule has 0 saturated carbocycles. The first-order valence-electron chi connectivity index (χ1n) is 5.95. The van der Waals surface area contributed by atoms with Crippen LogP contribution in [0.3, 0.4) is 0 Å². The lowest BCUT2D eigenvalue weighted by atomic mass is 10.1. The topological polar surface area (TPSA) is 63.1 Å². The molecule has 1 aliphatic heterocycles. The second-order valence-corrected chi connectivity index (χ2v) is 5.39. The van der Waals surface area contributed by atoms with Gasteiger partial charge in [0.1, 0.15) is 0 Å². The lowest BCUT2D eigenvalue weighted by Gasteiger charge is -2.11. The highest BCUT2D eigenvalue weighted by atomic mass is 79.9. The van der Waals surface area contributed by atoms with Gasteiger partial charge in [-0.25, -0.2) is 0 Å². The molecule has 98 valence electrons. The smallest absolute Gasteiger partial charge is 0.264 e. The number of aromatic nitrogens is 1. The van der Waals surface area contributed by atoms with E-state index in [1.807, 2.05) is 0 Å². The Bertz CT molecular complexity index is 480. The van der Waals surface area contributed by atoms with Crippen LogP contribution in [0.1, 0.15) is 19.3 Å². The van der Waals surface area contributed by atoms with E-state index < -0.39 is 0 Å². The molecule has 1 unspecified atom stereocenters. The fourth-order valence-corrected chi connectivity index (χ4v) is 2.63. The highest BCUT2D eigenvalue weighted by Gasteiger charge is 2.17. The summed E-state index contributed by atoms with van der Waals surface area (Å²) in [7, 11) is 1.65. The number of hydrogen-bond donors (Lipinski definition) is 2. The highest BCUT2D eigenvalue weighted by molar-refractivity contribution is 9.10. The molecule has 2 N–H and O–H groups in total. The van der Waals surface area contributed by atoms with E-state index in [2.05, 4.69) is 26.6 Å². The molecule has 1 aromatic heterocycles. The third-order valence-corrected chi connectivity index (χ3v) is 3.59. The maximum atomic E-state index is 11.8. The lowest BCUT2D eigenvalue weighted by molar-refractivity contribution is -0.116. The van der Waals surface area contributed by atoms with Crippen molar-refractivity contribution in [1.82, 2.24) is 9.88 Å². The second-order valence-electron chi connectivity index (χ2n) is 4.54. The normalized spacial score (nSPS) is 18.9. The van der Waals surface area contributed by atoms with Gasteiger partial charge in [0, 0.05) is 25.7 Å². The number of hydrogen-bond acceptors (Lipinski definition) is 3. The summed E-state index contributed by atoms with van der Waals surface area (Å²) in [6, 6.07) is 1.91. The van der Waals surface area contributed by atoms with Gasteiger partial charge in [0.25, 0.3) is 5.56 Å². The summed E-state index contributed by atoms with van der Waals surface area (Å²) in [6.07, 6.45) is 4.27. The van der Waals surface area contributed by atoms with Gasteiger partial charge in [0.2, 0.25) is 5.91 Å². The molecule has 0 spiro atoms. The number of nitrogens with one attached hydrogen (secondary N) is 2. The van der Waals surface area contributed by atoms with E-state index in [0.717, 1.165) is 19.4 Å². The Morgan fingerprint density at radius 2 is 2.44 bits per heavy atom. The molecule has 2 rings (SSSR count). The van der Waals surface area contributed by atoms with Gasteiger partial charge < -0.3 is 15.2 Å². The Balaban J connectivity index is 2.00. The molecule has 1 amide bonds. The molecule has 0 aliphatic carbocycles. The van der Waals surface area contributed by atoms with Crippen LogP contribution in [0, 0.1) is 0 Å². The van der Waals surface area contributed by atoms with E-state index in [0.29, 0.717) is 16.6 Å². The maximum absolute atomic E-state index is 11.8. The van der Waals surface area contributed by atoms with Crippen LogP contribution in [0.25, 0.3) is 0 Å². The van der Waals surface area contributed by atoms with Crippen molar-refractivity contribution in [3.63, 3.8) is 0 Å². The minimum atomic E-state index is -0.120. The Kier molecular flexibility index (Phi) is 4.19. The molecule has 2 heterocycles. The number of anilines is 1. The van der Waals surface area contributed by atoms with E-state index in [-0.39, 0.29) is 17.5 Å². The number of carbonyl (C=O) groups is 1. The van der Waals surface area contributed by atoms with Crippen molar-refractivity contribution in [2.24, 2.45) is 7.05 Å². The number of aryl methyl sites for hydroxylation is 1. The van der Waals surface area contributed by atoms with Crippen LogP contribution in [0.15, 0.2) is 21.5 Å². The zero-order valence-electron chi connectivity index (χ0n) is 10.2. The van der Waals surface area contributed by atoms with Crippen LogP contribution in [-0.4, -0.2) is 23.1 Å². The van der Waals surface area contributed by atoms with Crippen LogP contribution < -0.4 is 16.2 Å². The minimum absolute atomic E-state index is 0.0278. The fourth-order valence-electron chi connectivity index (χ4n) is 2.11. The number of nitrogens with zero attached hydrogens (tertiary/aromatic N) is 1. The Labute approximate surface area is 114 Å². The predicted molar refractivity (Wildman–Crippen MR) is 73.7 cm³/mol. The third kappa shape index (κ3) is 3.20. The van der Waals surface area contributed by atoms with E-state index in [1.54, 1.807) is 19.3 Å². The van der Waals surface area contributed by atoms with Gasteiger partial charge in [-0.2, -0.15) is 0 Å². The molecular formula is C12H16BrN3O2. The molecule has 1 aromatic rings. The summed E-state index contributed by atoms with van der Waals surface area (Å²) in [4.78, 5) is 23.3. The van der Waals surface area contributed by atoms with Crippen molar-refractivity contribution in [1.29, 1.82) is 0 Å². The number of carbonyl (C=O) groups excluding carboxylic acids is 1. The summed E-state index contributed by atoms with van der Waals surface area (Å²) in [5, 5.41) is 6.09. The first-order chi connectivity index (χ1) is 8.56. The van der Waals surface area contributed by atoms with E-state index >= 15 is 0 Å². The van der Waals surface area contributed by atoms with Crippen molar-refractivity contribution >= 4 is 27.5 Å². The molecule has 1 fully saturated rings. The van der Waals surface area contributed by atoms with Crippen LogP contribution in [0.5, 0.6) is 0 Å². The minimum Gasteiger partial charge on any atom is -0.325 e. The zero-order valence-corrected chi connectivity index (χ0v) is 11.8. The number of pyridine rings is 1. The number of amides is 1. The van der Waals surface area contributed by atoms with Crippen molar-refractivity contribution in [3.8, 4) is 0 Å². The first-order valence-corrected chi connectivity index (χ1v) is 6.75. The molecular weight excluding hydrogens is 298 g/mol. The molecule has 1 atom stereocenters. The maximum Gasteiger partial charge on any atom is 0.264 e. The molecule has 1 aliphatic rings. The monoisotopic (exact) mass is 313 g/mol. The third-order valence-electron chi connectivity index (χ3n) is 3.02. The highest BCUT2D eigenvalue weighted by Crippen LogP contribution is 2.13. The Morgan fingerprint density at radius 3 is 3.06 bits per heavy atom. The molecule has 5 nitrogen and oxygen atoms in total. The SMILES string of the molecule is Cn1cc(NC(=O)CC2CCCN2)cc(Br)c1=O. The molecule has 0 radical (unpaired) electrons. The van der Waals surface area contributed by atoms with E-state index in [9.17, 15) is 9.59 Å². The van der Waals surface area contributed by atoms with Crippen molar-refractivity contribution in [3.05, 3.63) is 27.1 Å². The summed E-state index contributed by atoms with van der Waals surface area (Å²) < 4.78 is 1.88.